The Morgan fingerprint density at radius 1 is 1.28 bits per heavy atom. The summed E-state index contributed by atoms with van der Waals surface area (Å²) in [6.45, 7) is 11.0. The molecule has 2 heterocycles. The van der Waals surface area contributed by atoms with Gasteiger partial charge < -0.3 is 14.6 Å². The third-order valence-electron chi connectivity index (χ3n) is 4.90. The molecule has 1 N–H and O–H groups in total. The Hall–Kier alpha value is -1.76. The number of aromatic amines is 1. The molecule has 136 valence electrons. The standard InChI is InChI=1S/C19H28N4O2/c1-3-25-13-12-23-11-10-22(14-15(23)2)9-8-18-20-17-7-5-4-6-16(17)19(24)21-18/h4-7,15H,3,8-14H2,1-2H3,(H,20,21,24)/t15-/m1/s1. The van der Waals surface area contributed by atoms with Crippen LogP contribution < -0.4 is 5.56 Å². The van der Waals surface area contributed by atoms with Gasteiger partial charge in [-0.3, -0.25) is 9.69 Å². The summed E-state index contributed by atoms with van der Waals surface area (Å²) in [4.78, 5) is 24.6. The fraction of sp³-hybridized carbons (Fsp3) is 0.579. The molecule has 1 fully saturated rings. The number of ether oxygens (including phenoxy) is 1. The molecule has 0 radical (unpaired) electrons. The highest BCUT2D eigenvalue weighted by atomic mass is 16.5. The van der Waals surface area contributed by atoms with Crippen LogP contribution >= 0.6 is 0 Å². The van der Waals surface area contributed by atoms with Gasteiger partial charge in [0.15, 0.2) is 0 Å². The first-order valence-electron chi connectivity index (χ1n) is 9.19. The van der Waals surface area contributed by atoms with Crippen molar-refractivity contribution in [2.45, 2.75) is 26.3 Å². The van der Waals surface area contributed by atoms with Crippen LogP contribution in [0.3, 0.4) is 0 Å². The van der Waals surface area contributed by atoms with E-state index in [0.29, 0.717) is 11.4 Å². The van der Waals surface area contributed by atoms with Crippen molar-refractivity contribution < 1.29 is 4.74 Å². The van der Waals surface area contributed by atoms with Crippen molar-refractivity contribution >= 4 is 10.9 Å². The van der Waals surface area contributed by atoms with Gasteiger partial charge in [0.1, 0.15) is 5.82 Å². The van der Waals surface area contributed by atoms with Crippen molar-refractivity contribution in [2.24, 2.45) is 0 Å². The first-order valence-corrected chi connectivity index (χ1v) is 9.19. The van der Waals surface area contributed by atoms with Gasteiger partial charge in [-0.05, 0) is 26.0 Å². The highest BCUT2D eigenvalue weighted by Crippen LogP contribution is 2.10. The number of benzene rings is 1. The fourth-order valence-electron chi connectivity index (χ4n) is 3.45. The predicted octanol–water partition coefficient (Wildman–Crippen LogP) is 1.51. The van der Waals surface area contributed by atoms with Gasteiger partial charge in [0.2, 0.25) is 0 Å². The van der Waals surface area contributed by atoms with Crippen LogP contribution in [-0.4, -0.2) is 71.7 Å². The summed E-state index contributed by atoms with van der Waals surface area (Å²) in [6, 6.07) is 8.02. The zero-order chi connectivity index (χ0) is 17.6. The molecule has 1 aliphatic heterocycles. The van der Waals surface area contributed by atoms with E-state index in [4.69, 9.17) is 4.74 Å². The monoisotopic (exact) mass is 344 g/mol. The van der Waals surface area contributed by atoms with Crippen molar-refractivity contribution in [3.8, 4) is 0 Å². The lowest BCUT2D eigenvalue weighted by molar-refractivity contribution is 0.0496. The maximum Gasteiger partial charge on any atom is 0.258 e. The molecule has 1 atom stereocenters. The lowest BCUT2D eigenvalue weighted by Gasteiger charge is -2.39. The van der Waals surface area contributed by atoms with Gasteiger partial charge in [0.25, 0.3) is 5.56 Å². The molecule has 1 aliphatic rings. The van der Waals surface area contributed by atoms with E-state index in [-0.39, 0.29) is 5.56 Å². The summed E-state index contributed by atoms with van der Waals surface area (Å²) in [6.07, 6.45) is 0.770. The molecular formula is C19H28N4O2. The molecular weight excluding hydrogens is 316 g/mol. The van der Waals surface area contributed by atoms with Gasteiger partial charge in [-0.15, -0.1) is 0 Å². The first kappa shape index (κ1) is 18.0. The smallest absolute Gasteiger partial charge is 0.258 e. The minimum absolute atomic E-state index is 0.0466. The number of hydrogen-bond acceptors (Lipinski definition) is 5. The molecule has 25 heavy (non-hydrogen) atoms. The van der Waals surface area contributed by atoms with E-state index in [1.807, 2.05) is 31.2 Å². The Bertz CT molecular complexity index is 746. The number of H-pyrrole nitrogens is 1. The molecule has 6 nitrogen and oxygen atoms in total. The number of rotatable bonds is 7. The lowest BCUT2D eigenvalue weighted by atomic mass is 10.2. The van der Waals surface area contributed by atoms with Crippen LogP contribution in [0.1, 0.15) is 19.7 Å². The molecule has 3 rings (SSSR count). The number of nitrogens with one attached hydrogen (secondary N) is 1. The Kier molecular flexibility index (Phi) is 6.18. The average Bonchev–Trinajstić information content (AvgIpc) is 2.62. The molecule has 0 aliphatic carbocycles. The summed E-state index contributed by atoms with van der Waals surface area (Å²) in [5.74, 6) is 0.773. The Balaban J connectivity index is 1.54. The number of piperazine rings is 1. The molecule has 0 unspecified atom stereocenters. The van der Waals surface area contributed by atoms with Gasteiger partial charge in [0, 0.05) is 51.8 Å². The van der Waals surface area contributed by atoms with E-state index in [2.05, 4.69) is 26.7 Å². The van der Waals surface area contributed by atoms with Gasteiger partial charge in [-0.2, -0.15) is 0 Å². The second-order valence-corrected chi connectivity index (χ2v) is 6.66. The van der Waals surface area contributed by atoms with E-state index < -0.39 is 0 Å². The quantitative estimate of drug-likeness (QED) is 0.772. The van der Waals surface area contributed by atoms with Crippen LogP contribution in [0.4, 0.5) is 0 Å². The fourth-order valence-corrected chi connectivity index (χ4v) is 3.45. The van der Waals surface area contributed by atoms with Crippen LogP contribution in [0.5, 0.6) is 0 Å². The highest BCUT2D eigenvalue weighted by molar-refractivity contribution is 5.77. The van der Waals surface area contributed by atoms with E-state index >= 15 is 0 Å². The largest absolute Gasteiger partial charge is 0.380 e. The SMILES string of the molecule is CCOCCN1CCN(CCc2nc3ccccc3c(=O)[nH]2)C[C@H]1C. The van der Waals surface area contributed by atoms with Crippen LogP contribution in [0.2, 0.25) is 0 Å². The van der Waals surface area contributed by atoms with Crippen molar-refractivity contribution in [1.82, 2.24) is 19.8 Å². The molecule has 1 saturated heterocycles. The Morgan fingerprint density at radius 3 is 2.92 bits per heavy atom. The summed E-state index contributed by atoms with van der Waals surface area (Å²) >= 11 is 0. The number of nitrogens with zero attached hydrogens (tertiary/aromatic N) is 3. The maximum atomic E-state index is 12.1. The van der Waals surface area contributed by atoms with E-state index in [1.165, 1.54) is 0 Å². The average molecular weight is 344 g/mol. The normalized spacial score (nSPS) is 19.5. The predicted molar refractivity (Wildman–Crippen MR) is 100 cm³/mol. The maximum absolute atomic E-state index is 12.1. The van der Waals surface area contributed by atoms with E-state index in [1.54, 1.807) is 0 Å². The number of aromatic nitrogens is 2. The number of para-hydroxylation sites is 1. The molecule has 0 saturated carbocycles. The topological polar surface area (TPSA) is 61.5 Å². The Morgan fingerprint density at radius 2 is 2.12 bits per heavy atom. The van der Waals surface area contributed by atoms with Gasteiger partial charge in [-0.1, -0.05) is 12.1 Å². The zero-order valence-electron chi connectivity index (χ0n) is 15.2. The van der Waals surface area contributed by atoms with Gasteiger partial charge in [0.05, 0.1) is 17.5 Å². The minimum Gasteiger partial charge on any atom is -0.380 e. The second-order valence-electron chi connectivity index (χ2n) is 6.66. The van der Waals surface area contributed by atoms with Crippen molar-refractivity contribution in [2.75, 3.05) is 45.9 Å². The number of fused-ring (bicyclic) bond motifs is 1. The summed E-state index contributed by atoms with van der Waals surface area (Å²) in [5, 5.41) is 0.655. The summed E-state index contributed by atoms with van der Waals surface area (Å²) in [7, 11) is 0. The van der Waals surface area contributed by atoms with Crippen LogP contribution in [0.15, 0.2) is 29.1 Å². The lowest BCUT2D eigenvalue weighted by Crippen LogP contribution is -2.53. The van der Waals surface area contributed by atoms with Crippen molar-refractivity contribution in [3.63, 3.8) is 0 Å². The summed E-state index contributed by atoms with van der Waals surface area (Å²) < 4.78 is 5.47. The van der Waals surface area contributed by atoms with E-state index in [9.17, 15) is 4.79 Å². The van der Waals surface area contributed by atoms with E-state index in [0.717, 1.165) is 63.7 Å². The Labute approximate surface area is 148 Å². The second kappa shape index (κ2) is 8.56. The first-order chi connectivity index (χ1) is 12.2. The van der Waals surface area contributed by atoms with Crippen molar-refractivity contribution in [3.05, 3.63) is 40.4 Å². The third kappa shape index (κ3) is 4.66. The highest BCUT2D eigenvalue weighted by Gasteiger charge is 2.23. The van der Waals surface area contributed by atoms with Crippen LogP contribution in [0, 0.1) is 0 Å². The molecule has 0 amide bonds. The molecule has 0 spiro atoms. The minimum atomic E-state index is -0.0466. The number of hydrogen-bond donors (Lipinski definition) is 1. The molecule has 6 heteroatoms. The molecule has 0 bridgehead atoms. The van der Waals surface area contributed by atoms with Crippen molar-refractivity contribution in [1.29, 1.82) is 0 Å². The van der Waals surface area contributed by atoms with Gasteiger partial charge >= 0.3 is 0 Å². The third-order valence-corrected chi connectivity index (χ3v) is 4.90. The van der Waals surface area contributed by atoms with Crippen LogP contribution in [-0.2, 0) is 11.2 Å². The van der Waals surface area contributed by atoms with Crippen LogP contribution in [0.25, 0.3) is 10.9 Å². The zero-order valence-corrected chi connectivity index (χ0v) is 15.2. The molecule has 1 aromatic carbocycles. The molecule has 1 aromatic heterocycles. The molecule has 2 aromatic rings. The van der Waals surface area contributed by atoms with Gasteiger partial charge in [-0.25, -0.2) is 4.98 Å². The summed E-state index contributed by atoms with van der Waals surface area (Å²) in [5.41, 5.74) is 0.727.